The minimum atomic E-state index is -4.35. The molecule has 1 spiro atoms. The average molecular weight is 389 g/mol. The summed E-state index contributed by atoms with van der Waals surface area (Å²) in [6.07, 6.45) is -1.98. The zero-order valence-electron chi connectivity index (χ0n) is 15.8. The molecule has 2 aromatic rings. The molecule has 0 aliphatic carbocycles. The highest BCUT2D eigenvalue weighted by atomic mass is 19.4. The first-order chi connectivity index (χ1) is 13.2. The Kier molecular flexibility index (Phi) is 4.45. The normalized spacial score (nSPS) is 25.1. The molecule has 148 valence electrons. The first-order valence-corrected chi connectivity index (χ1v) is 9.37. The molecule has 7 heteroatoms. The lowest BCUT2D eigenvalue weighted by Gasteiger charge is -2.23. The third kappa shape index (κ3) is 3.28. The largest absolute Gasteiger partial charge is 0.416 e. The number of hydrogen-bond donors (Lipinski definition) is 1. The minimum absolute atomic E-state index is 0.0384. The van der Waals surface area contributed by atoms with E-state index in [-0.39, 0.29) is 11.9 Å². The maximum absolute atomic E-state index is 12.8. The third-order valence-corrected chi connectivity index (χ3v) is 5.82. The summed E-state index contributed by atoms with van der Waals surface area (Å²) in [4.78, 5) is 18.9. The van der Waals surface area contributed by atoms with Gasteiger partial charge in [0, 0.05) is 19.3 Å². The number of alkyl halides is 3. The van der Waals surface area contributed by atoms with Gasteiger partial charge in [-0.05, 0) is 61.6 Å². The highest BCUT2D eigenvalue weighted by Gasteiger charge is 2.50. The summed E-state index contributed by atoms with van der Waals surface area (Å²) >= 11 is 0. The highest BCUT2D eigenvalue weighted by molar-refractivity contribution is 5.88. The van der Waals surface area contributed by atoms with E-state index in [2.05, 4.69) is 10.3 Å². The molecule has 4 rings (SSSR count). The van der Waals surface area contributed by atoms with Crippen molar-refractivity contribution in [3.05, 3.63) is 53.3 Å². The summed E-state index contributed by atoms with van der Waals surface area (Å²) in [7, 11) is 1.82. The molecule has 0 saturated carbocycles. The number of likely N-dealkylation sites (tertiary alicyclic amines) is 1. The smallest absolute Gasteiger partial charge is 0.344 e. The molecular weight excluding hydrogens is 367 g/mol. The van der Waals surface area contributed by atoms with Crippen LogP contribution in [0, 0.1) is 6.92 Å². The van der Waals surface area contributed by atoms with Crippen molar-refractivity contribution in [3.8, 4) is 11.1 Å². The van der Waals surface area contributed by atoms with Crippen LogP contribution in [0.15, 0.2) is 36.4 Å². The second-order valence-electron chi connectivity index (χ2n) is 7.79. The maximum atomic E-state index is 12.8. The second-order valence-corrected chi connectivity index (χ2v) is 7.79. The molecule has 2 aliphatic rings. The monoisotopic (exact) mass is 389 g/mol. The number of rotatable bonds is 2. The van der Waals surface area contributed by atoms with Gasteiger partial charge in [-0.15, -0.1) is 0 Å². The summed E-state index contributed by atoms with van der Waals surface area (Å²) in [5, 5.41) is 3.50. The number of aryl methyl sites for hydroxylation is 1. The Morgan fingerprint density at radius 1 is 1.14 bits per heavy atom. The fourth-order valence-corrected chi connectivity index (χ4v) is 4.28. The minimum Gasteiger partial charge on any atom is -0.344 e. The van der Waals surface area contributed by atoms with Crippen LogP contribution in [-0.4, -0.2) is 34.9 Å². The van der Waals surface area contributed by atoms with Gasteiger partial charge in [0.05, 0.1) is 17.3 Å². The van der Waals surface area contributed by atoms with Gasteiger partial charge < -0.3 is 4.90 Å². The zero-order chi connectivity index (χ0) is 20.1. The lowest BCUT2D eigenvalue weighted by molar-refractivity contribution is -0.137. The Morgan fingerprint density at radius 3 is 2.46 bits per heavy atom. The van der Waals surface area contributed by atoms with Crippen molar-refractivity contribution in [1.29, 1.82) is 0 Å². The summed E-state index contributed by atoms with van der Waals surface area (Å²) in [6.45, 7) is 2.62. The van der Waals surface area contributed by atoms with Crippen molar-refractivity contribution in [2.24, 2.45) is 0 Å². The average Bonchev–Trinajstić information content (AvgIpc) is 3.21. The number of halogens is 3. The Bertz CT molecular complexity index is 910. The number of nitrogens with one attached hydrogen (secondary N) is 1. The van der Waals surface area contributed by atoms with Crippen LogP contribution in [0.5, 0.6) is 0 Å². The van der Waals surface area contributed by atoms with Crippen LogP contribution in [0.1, 0.15) is 42.3 Å². The van der Waals surface area contributed by atoms with E-state index in [0.29, 0.717) is 5.56 Å². The highest BCUT2D eigenvalue weighted by Crippen LogP contribution is 2.39. The standard InChI is InChI=1S/C21H22F3N3O/c1-13-11-15(14-3-5-16(6-4-14)21(22,23)24)12-18(25-13)17-7-8-20(26-17)9-10-27(2)19(20)28/h3-6,11-12,17,26H,7-10H2,1-2H3/t17-,20-/m0/s1. The number of carbonyl (C=O) groups is 1. The van der Waals surface area contributed by atoms with Crippen LogP contribution in [0.25, 0.3) is 11.1 Å². The molecule has 0 radical (unpaired) electrons. The Morgan fingerprint density at radius 2 is 1.86 bits per heavy atom. The molecule has 2 atom stereocenters. The van der Waals surface area contributed by atoms with Crippen molar-refractivity contribution in [2.45, 2.75) is 43.9 Å². The fraction of sp³-hybridized carbons (Fsp3) is 0.429. The molecule has 0 unspecified atom stereocenters. The summed E-state index contributed by atoms with van der Waals surface area (Å²) < 4.78 is 38.4. The van der Waals surface area contributed by atoms with Gasteiger partial charge >= 0.3 is 6.18 Å². The third-order valence-electron chi connectivity index (χ3n) is 5.82. The molecule has 4 nitrogen and oxygen atoms in total. The van der Waals surface area contributed by atoms with E-state index in [1.54, 1.807) is 4.90 Å². The molecule has 2 saturated heterocycles. The van der Waals surface area contributed by atoms with E-state index in [1.165, 1.54) is 12.1 Å². The molecule has 1 aromatic heterocycles. The van der Waals surface area contributed by atoms with E-state index < -0.39 is 17.3 Å². The predicted molar refractivity (Wildman–Crippen MR) is 99.5 cm³/mol. The molecule has 1 amide bonds. The lowest BCUT2D eigenvalue weighted by atomic mass is 9.96. The number of hydrogen-bond acceptors (Lipinski definition) is 3. The number of pyridine rings is 1. The molecule has 28 heavy (non-hydrogen) atoms. The second kappa shape index (κ2) is 6.58. The molecule has 2 aliphatic heterocycles. The van der Waals surface area contributed by atoms with Crippen molar-refractivity contribution >= 4 is 5.91 Å². The molecule has 3 heterocycles. The van der Waals surface area contributed by atoms with Crippen LogP contribution in [0.2, 0.25) is 0 Å². The van der Waals surface area contributed by atoms with Crippen LogP contribution in [0.3, 0.4) is 0 Å². The van der Waals surface area contributed by atoms with Crippen molar-refractivity contribution in [3.63, 3.8) is 0 Å². The maximum Gasteiger partial charge on any atom is 0.416 e. The summed E-state index contributed by atoms with van der Waals surface area (Å²) in [6, 6.07) is 8.91. The topological polar surface area (TPSA) is 45.2 Å². The number of amides is 1. The predicted octanol–water partition coefficient (Wildman–Crippen LogP) is 4.10. The van der Waals surface area contributed by atoms with E-state index in [0.717, 1.165) is 54.9 Å². The SMILES string of the molecule is Cc1cc(-c2ccc(C(F)(F)F)cc2)cc([C@@H]2CC[C@@]3(CCN(C)C3=O)N2)n1. The van der Waals surface area contributed by atoms with E-state index in [4.69, 9.17) is 0 Å². The first-order valence-electron chi connectivity index (χ1n) is 9.37. The number of aromatic nitrogens is 1. The Balaban J connectivity index is 1.61. The first kappa shape index (κ1) is 18.9. The van der Waals surface area contributed by atoms with Crippen LogP contribution in [0.4, 0.5) is 13.2 Å². The number of benzene rings is 1. The molecular formula is C21H22F3N3O. The van der Waals surface area contributed by atoms with Crippen molar-refractivity contribution < 1.29 is 18.0 Å². The molecule has 2 fully saturated rings. The molecule has 1 aromatic carbocycles. The zero-order valence-corrected chi connectivity index (χ0v) is 15.8. The van der Waals surface area contributed by atoms with Gasteiger partial charge in [0.15, 0.2) is 0 Å². The van der Waals surface area contributed by atoms with E-state index in [9.17, 15) is 18.0 Å². The molecule has 1 N–H and O–H groups in total. The number of likely N-dealkylation sites (N-methyl/N-ethyl adjacent to an activating group) is 1. The fourth-order valence-electron chi connectivity index (χ4n) is 4.28. The van der Waals surface area contributed by atoms with Gasteiger partial charge in [0.25, 0.3) is 0 Å². The van der Waals surface area contributed by atoms with Gasteiger partial charge in [-0.3, -0.25) is 15.1 Å². The van der Waals surface area contributed by atoms with Crippen LogP contribution >= 0.6 is 0 Å². The van der Waals surface area contributed by atoms with Gasteiger partial charge in [-0.25, -0.2) is 0 Å². The number of nitrogens with zero attached hydrogens (tertiary/aromatic N) is 2. The van der Waals surface area contributed by atoms with Crippen molar-refractivity contribution in [2.75, 3.05) is 13.6 Å². The van der Waals surface area contributed by atoms with Crippen LogP contribution < -0.4 is 5.32 Å². The Labute approximate surface area is 161 Å². The lowest BCUT2D eigenvalue weighted by Crippen LogP contribution is -2.47. The van der Waals surface area contributed by atoms with Gasteiger partial charge in [0.2, 0.25) is 5.91 Å². The van der Waals surface area contributed by atoms with Gasteiger partial charge in [0.1, 0.15) is 5.54 Å². The van der Waals surface area contributed by atoms with E-state index in [1.807, 2.05) is 26.1 Å². The van der Waals surface area contributed by atoms with Gasteiger partial charge in [-0.1, -0.05) is 12.1 Å². The number of carbonyl (C=O) groups excluding carboxylic acids is 1. The van der Waals surface area contributed by atoms with Gasteiger partial charge in [-0.2, -0.15) is 13.2 Å². The summed E-state index contributed by atoms with van der Waals surface area (Å²) in [5.74, 6) is 0.130. The van der Waals surface area contributed by atoms with E-state index >= 15 is 0 Å². The van der Waals surface area contributed by atoms with Crippen LogP contribution in [-0.2, 0) is 11.0 Å². The Hall–Kier alpha value is -2.41. The van der Waals surface area contributed by atoms with Crippen molar-refractivity contribution in [1.82, 2.24) is 15.2 Å². The quantitative estimate of drug-likeness (QED) is 0.841. The molecule has 0 bridgehead atoms. The summed E-state index contributed by atoms with van der Waals surface area (Å²) in [5.41, 5.74) is 2.00.